The molecule has 11 heteroatoms. The fourth-order valence-corrected chi connectivity index (χ4v) is 6.48. The second-order valence-corrected chi connectivity index (χ2v) is 12.5. The zero-order chi connectivity index (χ0) is 28.0. The van der Waals surface area contributed by atoms with E-state index in [2.05, 4.69) is 39.4 Å². The van der Waals surface area contributed by atoms with Gasteiger partial charge in [0.15, 0.2) is 11.6 Å². The fourth-order valence-electron chi connectivity index (χ4n) is 4.90. The van der Waals surface area contributed by atoms with Gasteiger partial charge in [0.1, 0.15) is 5.75 Å². The number of hydrogen-bond acceptors (Lipinski definition) is 8. The van der Waals surface area contributed by atoms with Gasteiger partial charge < -0.3 is 19.9 Å². The molecule has 0 radical (unpaired) electrons. The number of amides is 1. The van der Waals surface area contributed by atoms with E-state index < -0.39 is 10.0 Å². The van der Waals surface area contributed by atoms with Gasteiger partial charge in [0, 0.05) is 33.1 Å². The van der Waals surface area contributed by atoms with Crippen LogP contribution in [0.5, 0.6) is 5.75 Å². The summed E-state index contributed by atoms with van der Waals surface area (Å²) in [5.41, 5.74) is 2.15. The topological polar surface area (TPSA) is 108 Å². The third-order valence-electron chi connectivity index (χ3n) is 7.12. The van der Waals surface area contributed by atoms with E-state index >= 15 is 0 Å². The van der Waals surface area contributed by atoms with Crippen LogP contribution in [0, 0.1) is 26.7 Å². The number of hydrogen-bond donors (Lipinski definition) is 1. The monoisotopic (exact) mass is 546 g/mol. The zero-order valence-corrected chi connectivity index (χ0v) is 24.6. The first kappa shape index (κ1) is 29.8. The van der Waals surface area contributed by atoms with E-state index in [9.17, 15) is 13.2 Å². The molecule has 1 fully saturated rings. The summed E-state index contributed by atoms with van der Waals surface area (Å²) < 4.78 is 32.8. The third kappa shape index (κ3) is 7.42. The number of rotatable bonds is 11. The summed E-state index contributed by atoms with van der Waals surface area (Å²) in [6.45, 7) is 8.49. The molecule has 2 heterocycles. The van der Waals surface area contributed by atoms with Crippen LogP contribution in [-0.4, -0.2) is 88.2 Å². The molecule has 1 aromatic heterocycles. The van der Waals surface area contributed by atoms with Crippen LogP contribution in [0.25, 0.3) is 0 Å². The lowest BCUT2D eigenvalue weighted by Crippen LogP contribution is -2.35. The molecule has 0 aliphatic carbocycles. The molecular formula is C27H42N6O4S. The summed E-state index contributed by atoms with van der Waals surface area (Å²) in [6.07, 6.45) is 3.48. The van der Waals surface area contributed by atoms with E-state index in [4.69, 9.17) is 4.74 Å². The molecule has 1 aromatic carbocycles. The lowest BCUT2D eigenvalue weighted by molar-refractivity contribution is -0.116. The Balaban J connectivity index is 1.55. The van der Waals surface area contributed by atoms with Crippen molar-refractivity contribution >= 4 is 27.6 Å². The van der Waals surface area contributed by atoms with E-state index in [1.165, 1.54) is 17.8 Å². The molecule has 1 aliphatic heterocycles. The van der Waals surface area contributed by atoms with Crippen LogP contribution in [0.2, 0.25) is 0 Å². The molecule has 10 nitrogen and oxygen atoms in total. The van der Waals surface area contributed by atoms with Crippen LogP contribution in [0.4, 0.5) is 11.6 Å². The molecule has 1 saturated heterocycles. The Morgan fingerprint density at radius 1 is 1.03 bits per heavy atom. The highest BCUT2D eigenvalue weighted by atomic mass is 32.2. The number of carbonyl (C=O) groups excluding carboxylic acids is 1. The van der Waals surface area contributed by atoms with Gasteiger partial charge in [0.2, 0.25) is 15.9 Å². The number of aromatic nitrogens is 2. The molecular weight excluding hydrogens is 504 g/mol. The van der Waals surface area contributed by atoms with Gasteiger partial charge in [0.25, 0.3) is 0 Å². The molecule has 38 heavy (non-hydrogen) atoms. The first-order chi connectivity index (χ1) is 17.9. The number of aryl methyl sites for hydroxylation is 3. The predicted octanol–water partition coefficient (Wildman–Crippen LogP) is 3.23. The minimum absolute atomic E-state index is 0.00702. The largest absolute Gasteiger partial charge is 0.497 e. The van der Waals surface area contributed by atoms with Gasteiger partial charge in [-0.05, 0) is 101 Å². The minimum atomic E-state index is -3.77. The van der Waals surface area contributed by atoms with Gasteiger partial charge in [-0.2, -0.15) is 0 Å². The summed E-state index contributed by atoms with van der Waals surface area (Å²) in [7, 11) is 3.48. The van der Waals surface area contributed by atoms with Crippen molar-refractivity contribution in [1.29, 1.82) is 0 Å². The molecule has 0 bridgehead atoms. The number of anilines is 2. The molecule has 0 atom stereocenters. The number of nitrogens with one attached hydrogen (secondary N) is 1. The van der Waals surface area contributed by atoms with Crippen LogP contribution in [-0.2, 0) is 14.8 Å². The van der Waals surface area contributed by atoms with Gasteiger partial charge in [-0.1, -0.05) is 0 Å². The lowest BCUT2D eigenvalue weighted by atomic mass is 9.93. The molecule has 1 aliphatic rings. The highest BCUT2D eigenvalue weighted by Gasteiger charge is 2.26. The standard InChI is InChI=1S/C27H42N6O4S/c1-19-16-23(37-7)17-20(2)26(19)38(35,36)32(6)13-11-25(34)28-24-18-21(3)27(30-29-24)33-14-9-22(10-15-33)8-12-31(4)5/h16-18,22H,8-15H2,1-7H3,(H,28,29,34). The Morgan fingerprint density at radius 2 is 1.66 bits per heavy atom. The molecule has 0 saturated carbocycles. The second kappa shape index (κ2) is 12.9. The molecule has 3 rings (SSSR count). The highest BCUT2D eigenvalue weighted by Crippen LogP contribution is 2.28. The normalized spacial score (nSPS) is 14.8. The van der Waals surface area contributed by atoms with Crippen LogP contribution in [0.1, 0.15) is 42.4 Å². The van der Waals surface area contributed by atoms with Crippen LogP contribution in [0.3, 0.4) is 0 Å². The van der Waals surface area contributed by atoms with Crippen molar-refractivity contribution in [2.45, 2.75) is 51.3 Å². The van der Waals surface area contributed by atoms with E-state index in [0.717, 1.165) is 49.8 Å². The van der Waals surface area contributed by atoms with Crippen molar-refractivity contribution in [2.24, 2.45) is 5.92 Å². The predicted molar refractivity (Wildman–Crippen MR) is 150 cm³/mol. The molecule has 0 spiro atoms. The Labute approximate surface area is 227 Å². The van der Waals surface area contributed by atoms with Crippen LogP contribution in [0.15, 0.2) is 23.1 Å². The Morgan fingerprint density at radius 3 is 2.21 bits per heavy atom. The Hall–Kier alpha value is -2.76. The molecule has 2 aromatic rings. The Kier molecular flexibility index (Phi) is 10.1. The van der Waals surface area contributed by atoms with Crippen molar-refractivity contribution in [1.82, 2.24) is 19.4 Å². The highest BCUT2D eigenvalue weighted by molar-refractivity contribution is 7.89. The van der Waals surface area contributed by atoms with Gasteiger partial charge in [-0.15, -0.1) is 10.2 Å². The number of benzene rings is 1. The fraction of sp³-hybridized carbons (Fsp3) is 0.593. The average Bonchev–Trinajstić information content (AvgIpc) is 2.85. The number of piperidine rings is 1. The smallest absolute Gasteiger partial charge is 0.243 e. The number of nitrogens with zero attached hydrogens (tertiary/aromatic N) is 5. The molecule has 1 amide bonds. The summed E-state index contributed by atoms with van der Waals surface area (Å²) >= 11 is 0. The number of ether oxygens (including phenoxy) is 1. The maximum atomic E-state index is 13.2. The SMILES string of the molecule is COc1cc(C)c(S(=O)(=O)N(C)CCC(=O)Nc2cc(C)c(N3CCC(CCN(C)C)CC3)nn2)c(C)c1. The minimum Gasteiger partial charge on any atom is -0.497 e. The van der Waals surface area contributed by atoms with Crippen molar-refractivity contribution in [3.63, 3.8) is 0 Å². The van der Waals surface area contributed by atoms with E-state index in [1.54, 1.807) is 33.1 Å². The van der Waals surface area contributed by atoms with E-state index in [-0.39, 0.29) is 23.8 Å². The average molecular weight is 547 g/mol. The van der Waals surface area contributed by atoms with Gasteiger partial charge in [-0.3, -0.25) is 4.79 Å². The molecule has 210 valence electrons. The summed E-state index contributed by atoms with van der Waals surface area (Å²) in [5.74, 6) is 2.24. The molecule has 1 N–H and O–H groups in total. The van der Waals surface area contributed by atoms with E-state index in [0.29, 0.717) is 22.7 Å². The van der Waals surface area contributed by atoms with Crippen LogP contribution < -0.4 is 15.0 Å². The van der Waals surface area contributed by atoms with Gasteiger partial charge >= 0.3 is 0 Å². The van der Waals surface area contributed by atoms with Crippen LogP contribution >= 0.6 is 0 Å². The summed E-state index contributed by atoms with van der Waals surface area (Å²) in [5, 5.41) is 11.4. The quantitative estimate of drug-likeness (QED) is 0.458. The third-order valence-corrected chi connectivity index (χ3v) is 9.28. The van der Waals surface area contributed by atoms with Crippen molar-refractivity contribution < 1.29 is 17.9 Å². The van der Waals surface area contributed by atoms with Crippen molar-refractivity contribution in [2.75, 3.05) is 64.6 Å². The van der Waals surface area contributed by atoms with E-state index in [1.807, 2.05) is 13.0 Å². The number of carbonyl (C=O) groups is 1. The lowest BCUT2D eigenvalue weighted by Gasteiger charge is -2.33. The number of sulfonamides is 1. The first-order valence-electron chi connectivity index (χ1n) is 13.1. The van der Waals surface area contributed by atoms with Gasteiger partial charge in [-0.25, -0.2) is 12.7 Å². The molecule has 0 unspecified atom stereocenters. The summed E-state index contributed by atoms with van der Waals surface area (Å²) in [6, 6.07) is 5.21. The maximum absolute atomic E-state index is 13.2. The summed E-state index contributed by atoms with van der Waals surface area (Å²) in [4.78, 5) is 17.3. The first-order valence-corrected chi connectivity index (χ1v) is 14.5. The number of methoxy groups -OCH3 is 1. The zero-order valence-electron chi connectivity index (χ0n) is 23.7. The van der Waals surface area contributed by atoms with Crippen molar-refractivity contribution in [3.05, 3.63) is 34.9 Å². The van der Waals surface area contributed by atoms with Crippen molar-refractivity contribution in [3.8, 4) is 5.75 Å². The van der Waals surface area contributed by atoms with Gasteiger partial charge in [0.05, 0.1) is 12.0 Å². The Bertz CT molecular complexity index is 1200. The maximum Gasteiger partial charge on any atom is 0.243 e. The second-order valence-electron chi connectivity index (χ2n) is 10.5.